The van der Waals surface area contributed by atoms with Gasteiger partial charge in [0.1, 0.15) is 0 Å². The second-order valence-electron chi connectivity index (χ2n) is 3.62. The highest BCUT2D eigenvalue weighted by Gasteiger charge is 2.24. The van der Waals surface area contributed by atoms with Crippen LogP contribution in [0.3, 0.4) is 0 Å². The molecule has 0 aromatic heterocycles. The summed E-state index contributed by atoms with van der Waals surface area (Å²) in [5.74, 6) is 0.108. The predicted molar refractivity (Wildman–Crippen MR) is 58.3 cm³/mol. The predicted octanol–water partition coefficient (Wildman–Crippen LogP) is 0.770. The molecule has 16 heavy (non-hydrogen) atoms. The van der Waals surface area contributed by atoms with Gasteiger partial charge in [0.15, 0.2) is 5.75 Å². The molecule has 1 aromatic carbocycles. The summed E-state index contributed by atoms with van der Waals surface area (Å²) in [4.78, 5) is 10.1. The van der Waals surface area contributed by atoms with E-state index in [-0.39, 0.29) is 18.0 Å². The van der Waals surface area contributed by atoms with Gasteiger partial charge in [0, 0.05) is 12.6 Å². The van der Waals surface area contributed by atoms with Crippen molar-refractivity contribution >= 4 is 5.69 Å². The fraction of sp³-hybridized carbons (Fsp3) is 0.400. The first-order valence-electron chi connectivity index (χ1n) is 4.67. The Balaban J connectivity index is 3.24. The van der Waals surface area contributed by atoms with Gasteiger partial charge in [-0.15, -0.1) is 0 Å². The van der Waals surface area contributed by atoms with E-state index in [0.29, 0.717) is 5.56 Å². The maximum Gasteiger partial charge on any atom is 0.310 e. The lowest BCUT2D eigenvalue weighted by molar-refractivity contribution is -0.385. The van der Waals surface area contributed by atoms with Crippen molar-refractivity contribution < 1.29 is 14.8 Å². The lowest BCUT2D eigenvalue weighted by Gasteiger charge is -2.21. The molecular weight excluding hydrogens is 212 g/mol. The summed E-state index contributed by atoms with van der Waals surface area (Å²) in [7, 11) is 1.34. The van der Waals surface area contributed by atoms with Gasteiger partial charge in [-0.05, 0) is 24.6 Å². The number of aliphatic hydroxyl groups is 1. The SMILES string of the molecule is COc1cc(C(C)(O)CN)ccc1[N+](=O)[O-]. The van der Waals surface area contributed by atoms with Crippen LogP contribution in [0.2, 0.25) is 0 Å². The Bertz CT molecular complexity index is 404. The summed E-state index contributed by atoms with van der Waals surface area (Å²) in [5, 5.41) is 20.5. The maximum absolute atomic E-state index is 10.6. The average molecular weight is 226 g/mol. The molecule has 0 saturated carbocycles. The highest BCUT2D eigenvalue weighted by atomic mass is 16.6. The van der Waals surface area contributed by atoms with E-state index in [1.165, 1.54) is 32.2 Å². The summed E-state index contributed by atoms with van der Waals surface area (Å²) in [6.07, 6.45) is 0. The lowest BCUT2D eigenvalue weighted by atomic mass is 9.96. The lowest BCUT2D eigenvalue weighted by Crippen LogP contribution is -2.31. The monoisotopic (exact) mass is 226 g/mol. The van der Waals surface area contributed by atoms with Gasteiger partial charge in [0.2, 0.25) is 0 Å². The Hall–Kier alpha value is -1.66. The molecule has 88 valence electrons. The number of nitrogens with zero attached hydrogens (tertiary/aromatic N) is 1. The average Bonchev–Trinajstić information content (AvgIpc) is 2.27. The summed E-state index contributed by atoms with van der Waals surface area (Å²) >= 11 is 0. The minimum atomic E-state index is -1.22. The van der Waals surface area contributed by atoms with Crippen LogP contribution in [0.1, 0.15) is 12.5 Å². The Morgan fingerprint density at radius 2 is 2.25 bits per heavy atom. The van der Waals surface area contributed by atoms with Crippen molar-refractivity contribution in [2.75, 3.05) is 13.7 Å². The number of rotatable bonds is 4. The second kappa shape index (κ2) is 4.46. The summed E-state index contributed by atoms with van der Waals surface area (Å²) in [6.45, 7) is 1.56. The van der Waals surface area contributed by atoms with Crippen LogP contribution in [0.25, 0.3) is 0 Å². The molecule has 0 aliphatic heterocycles. The third-order valence-corrected chi connectivity index (χ3v) is 2.40. The van der Waals surface area contributed by atoms with Gasteiger partial charge in [-0.25, -0.2) is 0 Å². The Labute approximate surface area is 92.8 Å². The van der Waals surface area contributed by atoms with Crippen LogP contribution in [-0.2, 0) is 5.60 Å². The molecule has 0 heterocycles. The van der Waals surface area contributed by atoms with E-state index >= 15 is 0 Å². The molecule has 0 amide bonds. The Morgan fingerprint density at radius 1 is 1.62 bits per heavy atom. The van der Waals surface area contributed by atoms with Crippen molar-refractivity contribution in [2.45, 2.75) is 12.5 Å². The number of nitrogens with two attached hydrogens (primary N) is 1. The van der Waals surface area contributed by atoms with Crippen molar-refractivity contribution in [1.82, 2.24) is 0 Å². The van der Waals surface area contributed by atoms with Gasteiger partial charge < -0.3 is 15.6 Å². The van der Waals surface area contributed by atoms with Crippen LogP contribution in [0.5, 0.6) is 5.75 Å². The van der Waals surface area contributed by atoms with Gasteiger partial charge in [-0.2, -0.15) is 0 Å². The summed E-state index contributed by atoms with van der Waals surface area (Å²) in [5.41, 5.74) is 4.53. The van der Waals surface area contributed by atoms with E-state index in [1.54, 1.807) is 0 Å². The second-order valence-corrected chi connectivity index (χ2v) is 3.62. The number of hydrogen-bond acceptors (Lipinski definition) is 5. The van der Waals surface area contributed by atoms with E-state index in [1.807, 2.05) is 0 Å². The molecule has 0 spiro atoms. The van der Waals surface area contributed by atoms with Gasteiger partial charge in [0.25, 0.3) is 0 Å². The molecule has 0 aliphatic rings. The Kier molecular flexibility index (Phi) is 3.46. The summed E-state index contributed by atoms with van der Waals surface area (Å²) < 4.78 is 4.89. The van der Waals surface area contributed by atoms with Crippen LogP contribution in [0, 0.1) is 10.1 Å². The van der Waals surface area contributed by atoms with E-state index in [4.69, 9.17) is 10.5 Å². The Morgan fingerprint density at radius 3 is 2.69 bits per heavy atom. The smallest absolute Gasteiger partial charge is 0.310 e. The third-order valence-electron chi connectivity index (χ3n) is 2.40. The third kappa shape index (κ3) is 2.29. The van der Waals surface area contributed by atoms with Gasteiger partial charge in [-0.3, -0.25) is 10.1 Å². The first-order chi connectivity index (χ1) is 7.42. The molecule has 1 atom stereocenters. The first kappa shape index (κ1) is 12.4. The van der Waals surface area contributed by atoms with Crippen molar-refractivity contribution in [1.29, 1.82) is 0 Å². The minimum Gasteiger partial charge on any atom is -0.490 e. The van der Waals surface area contributed by atoms with Crippen LogP contribution >= 0.6 is 0 Å². The van der Waals surface area contributed by atoms with Crippen LogP contribution in [-0.4, -0.2) is 23.7 Å². The molecular formula is C10H14N2O4. The van der Waals surface area contributed by atoms with Gasteiger partial charge in [0.05, 0.1) is 17.6 Å². The first-order valence-corrected chi connectivity index (χ1v) is 4.67. The molecule has 0 fully saturated rings. The zero-order valence-electron chi connectivity index (χ0n) is 9.14. The molecule has 0 aliphatic carbocycles. The van der Waals surface area contributed by atoms with Crippen molar-refractivity contribution in [3.63, 3.8) is 0 Å². The topological polar surface area (TPSA) is 98.6 Å². The zero-order chi connectivity index (χ0) is 12.3. The molecule has 1 unspecified atom stereocenters. The highest BCUT2D eigenvalue weighted by Crippen LogP contribution is 2.31. The van der Waals surface area contributed by atoms with E-state index < -0.39 is 10.5 Å². The molecule has 0 bridgehead atoms. The largest absolute Gasteiger partial charge is 0.490 e. The number of nitro groups is 1. The van der Waals surface area contributed by atoms with E-state index in [2.05, 4.69) is 0 Å². The number of nitro benzene ring substituents is 1. The van der Waals surface area contributed by atoms with E-state index in [9.17, 15) is 15.2 Å². The van der Waals surface area contributed by atoms with Crippen molar-refractivity contribution in [3.8, 4) is 5.75 Å². The van der Waals surface area contributed by atoms with Gasteiger partial charge in [-0.1, -0.05) is 0 Å². The standard InChI is InChI=1S/C10H14N2O4/c1-10(13,6-11)7-3-4-8(12(14)15)9(5-7)16-2/h3-5,13H,6,11H2,1-2H3. The molecule has 6 nitrogen and oxygen atoms in total. The quantitative estimate of drug-likeness (QED) is 0.583. The molecule has 6 heteroatoms. The van der Waals surface area contributed by atoms with E-state index in [0.717, 1.165) is 0 Å². The number of hydrogen-bond donors (Lipinski definition) is 2. The fourth-order valence-electron chi connectivity index (χ4n) is 1.28. The van der Waals surface area contributed by atoms with Crippen molar-refractivity contribution in [3.05, 3.63) is 33.9 Å². The fourth-order valence-corrected chi connectivity index (χ4v) is 1.28. The molecule has 0 saturated heterocycles. The number of methoxy groups -OCH3 is 1. The van der Waals surface area contributed by atoms with Crippen LogP contribution in [0.15, 0.2) is 18.2 Å². The molecule has 1 aromatic rings. The van der Waals surface area contributed by atoms with Gasteiger partial charge >= 0.3 is 5.69 Å². The molecule has 3 N–H and O–H groups in total. The maximum atomic E-state index is 10.6. The number of ether oxygens (including phenoxy) is 1. The minimum absolute atomic E-state index is 0.0218. The van der Waals surface area contributed by atoms with Crippen LogP contribution in [0.4, 0.5) is 5.69 Å². The van der Waals surface area contributed by atoms with Crippen molar-refractivity contribution in [2.24, 2.45) is 5.73 Å². The normalized spacial score (nSPS) is 14.2. The molecule has 1 rings (SSSR count). The zero-order valence-corrected chi connectivity index (χ0v) is 9.14. The summed E-state index contributed by atoms with van der Waals surface area (Å²) in [6, 6.07) is 4.18. The molecule has 0 radical (unpaired) electrons. The van der Waals surface area contributed by atoms with Crippen LogP contribution < -0.4 is 10.5 Å². The number of benzene rings is 1. The highest BCUT2D eigenvalue weighted by molar-refractivity contribution is 5.49.